The van der Waals surface area contributed by atoms with Crippen LogP contribution < -0.4 is 5.73 Å². The first-order valence-electron chi connectivity index (χ1n) is 15.3. The maximum absolute atomic E-state index is 14.1. The van der Waals surface area contributed by atoms with Gasteiger partial charge in [0.05, 0.1) is 15.9 Å². The molecule has 0 bridgehead atoms. The number of ether oxygens (including phenoxy) is 1. The zero-order chi connectivity index (χ0) is 35.4. The van der Waals surface area contributed by atoms with Gasteiger partial charge in [0.2, 0.25) is 11.7 Å². The van der Waals surface area contributed by atoms with E-state index < -0.39 is 44.9 Å². The summed E-state index contributed by atoms with van der Waals surface area (Å²) in [5.41, 5.74) is 6.91. The molecule has 0 radical (unpaired) electrons. The highest BCUT2D eigenvalue weighted by Crippen LogP contribution is 2.30. The fraction of sp³-hybridized carbons (Fsp3) is 0.143. The van der Waals surface area contributed by atoms with Crippen molar-refractivity contribution in [2.75, 3.05) is 26.2 Å². The predicted molar refractivity (Wildman–Crippen MR) is 181 cm³/mol. The monoisotopic (exact) mass is 700 g/mol. The number of nitrogens with zero attached hydrogens (tertiary/aromatic N) is 4. The lowest BCUT2D eigenvalue weighted by atomic mass is 9.98. The van der Waals surface area contributed by atoms with E-state index in [0.29, 0.717) is 17.1 Å². The van der Waals surface area contributed by atoms with Crippen molar-refractivity contribution in [1.82, 2.24) is 19.8 Å². The van der Waals surface area contributed by atoms with E-state index in [2.05, 4.69) is 14.4 Å². The Hall–Kier alpha value is -6.09. The van der Waals surface area contributed by atoms with Crippen molar-refractivity contribution >= 4 is 50.2 Å². The molecule has 1 fully saturated rings. The summed E-state index contributed by atoms with van der Waals surface area (Å²) in [4.78, 5) is 36.4. The highest BCUT2D eigenvalue weighted by atomic mass is 32.2. The van der Waals surface area contributed by atoms with Gasteiger partial charge in [-0.3, -0.25) is 4.79 Å². The summed E-state index contributed by atoms with van der Waals surface area (Å²) >= 11 is 0. The van der Waals surface area contributed by atoms with Gasteiger partial charge in [0, 0.05) is 43.4 Å². The number of carbonyl (C=O) groups excluding carboxylic acids is 2. The molecule has 256 valence electrons. The average Bonchev–Trinajstić information content (AvgIpc) is 3.54. The summed E-state index contributed by atoms with van der Waals surface area (Å²) in [7, 11) is -4.47. The molecule has 12 nitrogen and oxygen atoms in total. The van der Waals surface area contributed by atoms with Gasteiger partial charge >= 0.3 is 6.09 Å². The summed E-state index contributed by atoms with van der Waals surface area (Å²) in [6.45, 7) is 0.916. The number of rotatable bonds is 8. The number of aliphatic hydroxyl groups excluding tert-OH is 1. The molecule has 1 amide bonds. The Morgan fingerprint density at radius 1 is 0.860 bits per heavy atom. The first-order valence-corrected chi connectivity index (χ1v) is 16.7. The maximum atomic E-state index is 14.1. The van der Waals surface area contributed by atoms with E-state index in [1.807, 2.05) is 30.3 Å². The number of Topliss-reactive ketones (excluding diaryl/α,β-unsaturated/α-hetero) is 1. The first kappa shape index (κ1) is 33.8. The highest BCUT2D eigenvalue weighted by Gasteiger charge is 2.27. The number of benzene rings is 4. The summed E-state index contributed by atoms with van der Waals surface area (Å²) in [5.74, 6) is -4.09. The van der Waals surface area contributed by atoms with E-state index in [1.165, 1.54) is 28.0 Å². The quantitative estimate of drug-likeness (QED) is 0.0654. The second-order valence-electron chi connectivity index (χ2n) is 11.3. The van der Waals surface area contributed by atoms with Gasteiger partial charge in [-0.25, -0.2) is 18.6 Å². The third kappa shape index (κ3) is 7.47. The molecule has 50 heavy (non-hydrogen) atoms. The van der Waals surface area contributed by atoms with Crippen molar-refractivity contribution in [1.29, 1.82) is 0 Å². The lowest BCUT2D eigenvalue weighted by molar-refractivity contribution is 0.0824. The Morgan fingerprint density at radius 3 is 2.22 bits per heavy atom. The van der Waals surface area contributed by atoms with Gasteiger partial charge in [0.25, 0.3) is 10.0 Å². The fourth-order valence-electron chi connectivity index (χ4n) is 5.34. The van der Waals surface area contributed by atoms with Crippen molar-refractivity contribution < 1.29 is 36.6 Å². The van der Waals surface area contributed by atoms with E-state index in [-0.39, 0.29) is 60.6 Å². The second kappa shape index (κ2) is 14.2. The number of carbonyl (C=O) groups is 2. The molecule has 0 atom stereocenters. The van der Waals surface area contributed by atoms with Crippen LogP contribution in [0, 0.1) is 11.6 Å². The molecule has 1 saturated heterocycles. The van der Waals surface area contributed by atoms with Crippen LogP contribution in [0.1, 0.15) is 27.3 Å². The van der Waals surface area contributed by atoms with Crippen LogP contribution >= 0.6 is 0 Å². The predicted octanol–water partition coefficient (Wildman–Crippen LogP) is 5.11. The number of amides is 1. The largest absolute Gasteiger partial charge is 0.506 e. The molecule has 4 aromatic carbocycles. The van der Waals surface area contributed by atoms with E-state index in [0.717, 1.165) is 23.8 Å². The number of nitrogens with one attached hydrogen (secondary N) is 1. The third-order valence-electron chi connectivity index (χ3n) is 7.90. The average molecular weight is 701 g/mol. The van der Waals surface area contributed by atoms with Crippen molar-refractivity contribution in [3.8, 4) is 0 Å². The number of allylic oxidation sites excluding steroid dienone is 1. The van der Waals surface area contributed by atoms with Crippen LogP contribution in [-0.4, -0.2) is 77.3 Å². The second-order valence-corrected chi connectivity index (χ2v) is 12.9. The number of nitrogens with two attached hydrogens (primary N) is 1. The van der Waals surface area contributed by atoms with Gasteiger partial charge in [0.1, 0.15) is 35.4 Å². The highest BCUT2D eigenvalue weighted by molar-refractivity contribution is 7.90. The molecule has 6 rings (SSSR count). The normalized spacial score (nSPS) is 14.4. The maximum Gasteiger partial charge on any atom is 0.410 e. The number of sulfonamides is 1. The van der Waals surface area contributed by atoms with Gasteiger partial charge in [0.15, 0.2) is 0 Å². The third-order valence-corrected chi connectivity index (χ3v) is 9.18. The van der Waals surface area contributed by atoms with Crippen LogP contribution in [0.2, 0.25) is 0 Å². The molecular weight excluding hydrogens is 670 g/mol. The molecule has 4 N–H and O–H groups in total. The van der Waals surface area contributed by atoms with Crippen molar-refractivity contribution in [3.63, 3.8) is 0 Å². The minimum Gasteiger partial charge on any atom is -0.506 e. The number of halogens is 2. The van der Waals surface area contributed by atoms with Gasteiger partial charge in [-0.2, -0.15) is 8.42 Å². The molecule has 15 heteroatoms. The number of imidazole rings is 1. The van der Waals surface area contributed by atoms with E-state index in [9.17, 15) is 31.9 Å². The van der Waals surface area contributed by atoms with Crippen molar-refractivity contribution in [3.05, 3.63) is 131 Å². The zero-order valence-corrected chi connectivity index (χ0v) is 27.1. The number of H-pyrrole nitrogens is 1. The molecule has 0 spiro atoms. The Kier molecular flexibility index (Phi) is 9.58. The number of para-hydroxylation sites is 2. The fourth-order valence-corrected chi connectivity index (χ4v) is 6.33. The Balaban J connectivity index is 1.22. The first-order chi connectivity index (χ1) is 24.0. The number of aromatic amines is 1. The molecule has 5 aromatic rings. The van der Waals surface area contributed by atoms with Gasteiger partial charge < -0.3 is 30.4 Å². The number of ketones is 1. The molecule has 0 unspecified atom stereocenters. The molecule has 0 saturated carbocycles. The smallest absolute Gasteiger partial charge is 0.410 e. The van der Waals surface area contributed by atoms with Crippen LogP contribution in [0.25, 0.3) is 22.4 Å². The minimum absolute atomic E-state index is 0.113. The van der Waals surface area contributed by atoms with Crippen molar-refractivity contribution in [2.45, 2.75) is 11.5 Å². The molecular formula is C35H30F2N6O6S. The zero-order valence-electron chi connectivity index (χ0n) is 26.3. The topological polar surface area (TPSA) is 171 Å². The number of guanidine groups is 1. The lowest BCUT2D eigenvalue weighted by Gasteiger charge is -2.34. The van der Waals surface area contributed by atoms with Gasteiger partial charge in [-0.15, -0.1) is 4.40 Å². The lowest BCUT2D eigenvalue weighted by Crippen LogP contribution is -2.52. The van der Waals surface area contributed by atoms with Gasteiger partial charge in [-0.1, -0.05) is 54.6 Å². The summed E-state index contributed by atoms with van der Waals surface area (Å²) in [6.07, 6.45) is -0.511. The van der Waals surface area contributed by atoms with Crippen molar-refractivity contribution in [2.24, 2.45) is 10.1 Å². The number of aromatic nitrogens is 2. The Morgan fingerprint density at radius 2 is 1.52 bits per heavy atom. The number of hydrogen-bond acceptors (Lipinski definition) is 7. The van der Waals surface area contributed by atoms with E-state index in [1.54, 1.807) is 24.3 Å². The van der Waals surface area contributed by atoms with Crippen LogP contribution in [0.5, 0.6) is 0 Å². The van der Waals surface area contributed by atoms with E-state index >= 15 is 0 Å². The molecule has 1 aromatic heterocycles. The number of piperazine rings is 1. The summed E-state index contributed by atoms with van der Waals surface area (Å²) < 4.78 is 64.1. The molecule has 0 aliphatic carbocycles. The number of aliphatic hydroxyl groups is 1. The molecule has 1 aliphatic rings. The Labute approximate surface area is 285 Å². The number of hydrogen-bond donors (Lipinski definition) is 3. The molecule has 1 aliphatic heterocycles. The molecule has 2 heterocycles. The SMILES string of the molecule is NC(=NS(=O)(=O)c1cccc(C(=O)C(=C(O)c2cc(F)cc(F)c2)c2nc3ccccc3[nH]2)c1)N1CCN(C(=O)OCc2ccccc2)CC1. The summed E-state index contributed by atoms with van der Waals surface area (Å²) in [6, 6.07) is 23.2. The van der Waals surface area contributed by atoms with E-state index in [4.69, 9.17) is 10.5 Å². The van der Waals surface area contributed by atoms with Crippen LogP contribution in [0.15, 0.2) is 106 Å². The van der Waals surface area contributed by atoms with Crippen LogP contribution in [0.3, 0.4) is 0 Å². The van der Waals surface area contributed by atoms with Gasteiger partial charge in [-0.05, 0) is 42.0 Å². The standard InChI is InChI=1S/C35H30F2N6O6S/c36-25-17-24(18-26(37)20-25)32(45)30(33-39-28-11-4-5-12-29(28)40-33)31(44)23-9-6-10-27(19-23)50(47,48)41-34(38)42-13-15-43(16-14-42)35(46)49-21-22-7-2-1-3-8-22/h1-12,17-20,45H,13-16,21H2,(H2,38,41)(H,39,40). The number of fused-ring (bicyclic) bond motifs is 1. The minimum atomic E-state index is -4.47. The summed E-state index contributed by atoms with van der Waals surface area (Å²) in [5, 5.41) is 11.2. The van der Waals surface area contributed by atoms with Crippen LogP contribution in [-0.2, 0) is 21.4 Å². The van der Waals surface area contributed by atoms with Crippen LogP contribution in [0.4, 0.5) is 13.6 Å². The Bertz CT molecular complexity index is 2200.